The van der Waals surface area contributed by atoms with Crippen molar-refractivity contribution in [3.05, 3.63) is 29.8 Å². The van der Waals surface area contributed by atoms with Crippen molar-refractivity contribution in [1.82, 2.24) is 0 Å². The van der Waals surface area contributed by atoms with Gasteiger partial charge in [0.25, 0.3) is 0 Å². The third-order valence-electron chi connectivity index (χ3n) is 2.98. The zero-order valence-corrected chi connectivity index (χ0v) is 11.4. The summed E-state index contributed by atoms with van der Waals surface area (Å²) in [7, 11) is 0. The van der Waals surface area contributed by atoms with Gasteiger partial charge in [0.05, 0.1) is 0 Å². The first-order valence-electron chi connectivity index (χ1n) is 6.55. The zero-order chi connectivity index (χ0) is 14.5. The summed E-state index contributed by atoms with van der Waals surface area (Å²) in [5.74, 6) is 0. The predicted molar refractivity (Wildman–Crippen MR) is 72.2 cm³/mol. The number of halogens is 3. The molecule has 0 amide bonds. The van der Waals surface area contributed by atoms with Crippen LogP contribution in [0.1, 0.15) is 38.3 Å². The van der Waals surface area contributed by atoms with Crippen LogP contribution in [0.5, 0.6) is 0 Å². The highest BCUT2D eigenvalue weighted by atomic mass is 19.4. The molecule has 0 spiro atoms. The van der Waals surface area contributed by atoms with Crippen LogP contribution in [-0.4, -0.2) is 19.3 Å². The minimum atomic E-state index is -4.21. The van der Waals surface area contributed by atoms with Crippen molar-refractivity contribution in [3.8, 4) is 0 Å². The van der Waals surface area contributed by atoms with Gasteiger partial charge in [-0.05, 0) is 24.5 Å². The van der Waals surface area contributed by atoms with Gasteiger partial charge in [0.2, 0.25) is 0 Å². The molecule has 1 rings (SSSR count). The molecule has 19 heavy (non-hydrogen) atoms. The van der Waals surface area contributed by atoms with Crippen LogP contribution >= 0.6 is 0 Å². The van der Waals surface area contributed by atoms with Crippen molar-refractivity contribution in [2.75, 3.05) is 18.0 Å². The molecular weight excluding hydrogens is 253 g/mol. The molecule has 0 radical (unpaired) electrons. The van der Waals surface area contributed by atoms with Gasteiger partial charge in [-0.1, -0.05) is 32.0 Å². The third-order valence-corrected chi connectivity index (χ3v) is 2.98. The molecule has 0 fully saturated rings. The van der Waals surface area contributed by atoms with Crippen molar-refractivity contribution in [3.63, 3.8) is 0 Å². The fourth-order valence-electron chi connectivity index (χ4n) is 2.08. The molecule has 0 bridgehead atoms. The molecule has 0 aliphatic carbocycles. The maximum absolute atomic E-state index is 12.7. The standard InChI is InChI=1S/C14H21F3N2/c1-3-9-19(10-14(15,16)17)13-8-6-5-7-11(13)12(18)4-2/h5-8,12H,3-4,9-10,18H2,1-2H3/t12-/m0/s1. The second kappa shape index (κ2) is 6.80. The zero-order valence-electron chi connectivity index (χ0n) is 11.4. The first-order chi connectivity index (χ1) is 8.89. The largest absolute Gasteiger partial charge is 0.405 e. The number of hydrogen-bond acceptors (Lipinski definition) is 2. The summed E-state index contributed by atoms with van der Waals surface area (Å²) in [6.07, 6.45) is -2.85. The second-order valence-electron chi connectivity index (χ2n) is 4.61. The Morgan fingerprint density at radius 3 is 2.37 bits per heavy atom. The summed E-state index contributed by atoms with van der Waals surface area (Å²) in [5, 5.41) is 0. The SMILES string of the molecule is CCCN(CC(F)(F)F)c1ccccc1[C@@H](N)CC. The highest BCUT2D eigenvalue weighted by Gasteiger charge is 2.31. The minimum Gasteiger partial charge on any atom is -0.362 e. The number of nitrogens with two attached hydrogens (primary N) is 1. The first kappa shape index (κ1) is 15.8. The van der Waals surface area contributed by atoms with Crippen molar-refractivity contribution in [1.29, 1.82) is 0 Å². The van der Waals surface area contributed by atoms with Crippen LogP contribution in [0.2, 0.25) is 0 Å². The van der Waals surface area contributed by atoms with Crippen LogP contribution in [0, 0.1) is 0 Å². The highest BCUT2D eigenvalue weighted by Crippen LogP contribution is 2.29. The number of benzene rings is 1. The van der Waals surface area contributed by atoms with Gasteiger partial charge >= 0.3 is 6.18 Å². The van der Waals surface area contributed by atoms with Gasteiger partial charge in [-0.3, -0.25) is 0 Å². The van der Waals surface area contributed by atoms with Crippen molar-refractivity contribution < 1.29 is 13.2 Å². The number of anilines is 1. The van der Waals surface area contributed by atoms with Gasteiger partial charge in [-0.25, -0.2) is 0 Å². The Morgan fingerprint density at radius 2 is 1.84 bits per heavy atom. The molecule has 108 valence electrons. The van der Waals surface area contributed by atoms with Crippen LogP contribution in [0.25, 0.3) is 0 Å². The van der Waals surface area contributed by atoms with Crippen molar-refractivity contribution in [2.45, 2.75) is 38.9 Å². The lowest BCUT2D eigenvalue weighted by Crippen LogP contribution is -2.36. The minimum absolute atomic E-state index is 0.233. The third kappa shape index (κ3) is 4.74. The van der Waals surface area contributed by atoms with Crippen LogP contribution in [0.4, 0.5) is 18.9 Å². The predicted octanol–water partition coefficient (Wildman–Crippen LogP) is 3.88. The average Bonchev–Trinajstić information content (AvgIpc) is 2.36. The molecule has 1 aromatic carbocycles. The lowest BCUT2D eigenvalue weighted by Gasteiger charge is -2.29. The summed E-state index contributed by atoms with van der Waals surface area (Å²) in [5.41, 5.74) is 7.36. The molecule has 1 aromatic rings. The molecule has 2 nitrogen and oxygen atoms in total. The molecular formula is C14H21F3N2. The Bertz CT molecular complexity index is 391. The lowest BCUT2D eigenvalue weighted by atomic mass is 10.0. The fourth-order valence-corrected chi connectivity index (χ4v) is 2.08. The van der Waals surface area contributed by atoms with E-state index in [1.807, 2.05) is 26.0 Å². The maximum atomic E-state index is 12.7. The molecule has 5 heteroatoms. The summed E-state index contributed by atoms with van der Waals surface area (Å²) in [6.45, 7) is 3.22. The fraction of sp³-hybridized carbons (Fsp3) is 0.571. The lowest BCUT2D eigenvalue weighted by molar-refractivity contribution is -0.119. The van der Waals surface area contributed by atoms with E-state index in [4.69, 9.17) is 5.73 Å². The molecule has 0 aliphatic heterocycles. The highest BCUT2D eigenvalue weighted by molar-refractivity contribution is 5.55. The van der Waals surface area contributed by atoms with Gasteiger partial charge in [-0.15, -0.1) is 0 Å². The van der Waals surface area contributed by atoms with E-state index in [2.05, 4.69) is 0 Å². The Kier molecular flexibility index (Phi) is 5.66. The Morgan fingerprint density at radius 1 is 1.21 bits per heavy atom. The molecule has 0 saturated carbocycles. The van der Waals surface area contributed by atoms with E-state index in [9.17, 15) is 13.2 Å². The Hall–Kier alpha value is -1.23. The number of alkyl halides is 3. The number of nitrogens with zero attached hydrogens (tertiary/aromatic N) is 1. The van der Waals surface area contributed by atoms with Gasteiger partial charge in [-0.2, -0.15) is 13.2 Å². The molecule has 1 atom stereocenters. The second-order valence-corrected chi connectivity index (χ2v) is 4.61. The van der Waals surface area contributed by atoms with Gasteiger partial charge in [0.1, 0.15) is 6.54 Å². The molecule has 0 aromatic heterocycles. The van der Waals surface area contributed by atoms with Crippen molar-refractivity contribution in [2.24, 2.45) is 5.73 Å². The van der Waals surface area contributed by atoms with Gasteiger partial charge in [0, 0.05) is 18.3 Å². The van der Waals surface area contributed by atoms with E-state index >= 15 is 0 Å². The molecule has 0 unspecified atom stereocenters. The van der Waals surface area contributed by atoms with Gasteiger partial charge in [0.15, 0.2) is 0 Å². The maximum Gasteiger partial charge on any atom is 0.405 e. The Balaban J connectivity index is 3.08. The average molecular weight is 274 g/mol. The van der Waals surface area contributed by atoms with E-state index in [0.717, 1.165) is 5.56 Å². The quantitative estimate of drug-likeness (QED) is 0.853. The van der Waals surface area contributed by atoms with Crippen LogP contribution < -0.4 is 10.6 Å². The summed E-state index contributed by atoms with van der Waals surface area (Å²) < 4.78 is 38.0. The topological polar surface area (TPSA) is 29.3 Å². The molecule has 0 heterocycles. The normalized spacial score (nSPS) is 13.4. The van der Waals surface area contributed by atoms with Crippen LogP contribution in [-0.2, 0) is 0 Å². The van der Waals surface area contributed by atoms with E-state index in [1.54, 1.807) is 12.1 Å². The van der Waals surface area contributed by atoms with Gasteiger partial charge < -0.3 is 10.6 Å². The van der Waals surface area contributed by atoms with Crippen LogP contribution in [0.15, 0.2) is 24.3 Å². The molecule has 2 N–H and O–H groups in total. The van der Waals surface area contributed by atoms with E-state index in [1.165, 1.54) is 4.90 Å². The number of rotatable bonds is 6. The van der Waals surface area contributed by atoms with E-state index in [-0.39, 0.29) is 6.04 Å². The monoisotopic (exact) mass is 274 g/mol. The number of para-hydroxylation sites is 1. The summed E-state index contributed by atoms with van der Waals surface area (Å²) in [6, 6.07) is 6.85. The number of hydrogen-bond donors (Lipinski definition) is 1. The molecule has 0 saturated heterocycles. The first-order valence-corrected chi connectivity index (χ1v) is 6.55. The molecule has 0 aliphatic rings. The smallest absolute Gasteiger partial charge is 0.362 e. The van der Waals surface area contributed by atoms with E-state index in [0.29, 0.717) is 25.1 Å². The summed E-state index contributed by atoms with van der Waals surface area (Å²) in [4.78, 5) is 1.37. The summed E-state index contributed by atoms with van der Waals surface area (Å²) >= 11 is 0. The van der Waals surface area contributed by atoms with Crippen LogP contribution in [0.3, 0.4) is 0 Å². The van der Waals surface area contributed by atoms with E-state index < -0.39 is 12.7 Å². The Labute approximate surface area is 112 Å². The van der Waals surface area contributed by atoms with Crippen molar-refractivity contribution >= 4 is 5.69 Å².